The molecule has 0 heterocycles. The molecule has 4 heteroatoms. The summed E-state index contributed by atoms with van der Waals surface area (Å²) in [5.74, 6) is 0. The summed E-state index contributed by atoms with van der Waals surface area (Å²) in [6.07, 6.45) is 0. The molecular weight excluding hydrogens is 232 g/mol. The summed E-state index contributed by atoms with van der Waals surface area (Å²) in [5.41, 5.74) is 0. The van der Waals surface area contributed by atoms with E-state index in [0.29, 0.717) is 0 Å². The second-order valence-electron chi connectivity index (χ2n) is 3.65. The number of rotatable bonds is 4. The molecule has 2 bridgehead atoms. The average molecular weight is 252 g/mol. The van der Waals surface area contributed by atoms with E-state index in [0.717, 1.165) is 6.04 Å². The van der Waals surface area contributed by atoms with Crippen molar-refractivity contribution in [1.82, 2.24) is 0 Å². The highest BCUT2D eigenvalue weighted by molar-refractivity contribution is 6.60. The van der Waals surface area contributed by atoms with Crippen molar-refractivity contribution >= 4 is 19.6 Å². The zero-order valence-electron chi connectivity index (χ0n) is 10.9. The minimum Gasteiger partial charge on any atom is -0.377 e. The highest BCUT2D eigenvalue weighted by Crippen LogP contribution is 2.10. The third kappa shape index (κ3) is 3.78. The third-order valence-corrected chi connectivity index (χ3v) is 5.50. The largest absolute Gasteiger partial charge is 0.499 e. The normalized spacial score (nSPS) is 11.3. The van der Waals surface area contributed by atoms with Crippen molar-refractivity contribution in [3.05, 3.63) is 36.4 Å². The molecule has 17 heavy (non-hydrogen) atoms. The SMILES string of the molecule is CC[Si](OC)(OC)OC.c1cc2ccc1cc2. The molecular formula is C13H20O3Si. The molecule has 3 aromatic rings. The fourth-order valence-electron chi connectivity index (χ4n) is 1.59. The van der Waals surface area contributed by atoms with E-state index < -0.39 is 8.80 Å². The Kier molecular flexibility index (Phi) is 5.57. The van der Waals surface area contributed by atoms with Crippen molar-refractivity contribution in [2.24, 2.45) is 0 Å². The van der Waals surface area contributed by atoms with Crippen LogP contribution in [0.25, 0.3) is 10.8 Å². The molecule has 0 aromatic heterocycles. The molecule has 94 valence electrons. The van der Waals surface area contributed by atoms with Gasteiger partial charge in [-0.15, -0.1) is 0 Å². The molecule has 0 saturated heterocycles. The van der Waals surface area contributed by atoms with Crippen LogP contribution in [-0.2, 0) is 13.3 Å². The summed E-state index contributed by atoms with van der Waals surface area (Å²) in [4.78, 5) is 0. The summed E-state index contributed by atoms with van der Waals surface area (Å²) in [6.45, 7) is 1.99. The number of hydrogen-bond donors (Lipinski definition) is 0. The standard InChI is InChI=1S/C8H6.C5H14O3Si/c1-2-8-5-3-7(1)4-6-8;1-5-9(6-2,7-3)8-4/h1-6H;5H2,1-4H3. The molecule has 3 aromatic carbocycles. The monoisotopic (exact) mass is 252 g/mol. The Balaban J connectivity index is 0.000000170. The molecule has 0 radical (unpaired) electrons. The van der Waals surface area contributed by atoms with E-state index in [4.69, 9.17) is 13.3 Å². The minimum absolute atomic E-state index is 0.816. The summed E-state index contributed by atoms with van der Waals surface area (Å²) in [7, 11) is 2.65. The van der Waals surface area contributed by atoms with E-state index in [1.165, 1.54) is 10.8 Å². The van der Waals surface area contributed by atoms with Crippen LogP contribution in [0, 0.1) is 0 Å². The molecule has 0 aliphatic carbocycles. The number of benzene rings is 3. The van der Waals surface area contributed by atoms with E-state index in [9.17, 15) is 0 Å². The van der Waals surface area contributed by atoms with Crippen molar-refractivity contribution in [3.63, 3.8) is 0 Å². The highest BCUT2D eigenvalue weighted by atomic mass is 28.4. The summed E-state index contributed by atoms with van der Waals surface area (Å²) in [6, 6.07) is 13.5. The lowest BCUT2D eigenvalue weighted by Crippen LogP contribution is -2.41. The van der Waals surface area contributed by atoms with Gasteiger partial charge in [-0.25, -0.2) is 0 Å². The molecule has 0 amide bonds. The molecule has 0 N–H and O–H groups in total. The Morgan fingerprint density at radius 3 is 1.12 bits per heavy atom. The number of fused-ring (bicyclic) bond motifs is 3. The Bertz CT molecular complexity index is 320. The van der Waals surface area contributed by atoms with Crippen molar-refractivity contribution in [2.45, 2.75) is 13.0 Å². The Morgan fingerprint density at radius 2 is 1.06 bits per heavy atom. The lowest BCUT2D eigenvalue weighted by Gasteiger charge is -2.22. The zero-order chi connectivity index (χ0) is 12.7. The first-order chi connectivity index (χ1) is 8.19. The quantitative estimate of drug-likeness (QED) is 0.782. The van der Waals surface area contributed by atoms with Gasteiger partial charge in [-0.05, 0) is 10.8 Å². The van der Waals surface area contributed by atoms with Gasteiger partial charge in [-0.3, -0.25) is 0 Å². The van der Waals surface area contributed by atoms with Gasteiger partial charge in [0.25, 0.3) is 0 Å². The van der Waals surface area contributed by atoms with Crippen LogP contribution in [0.3, 0.4) is 0 Å². The second-order valence-corrected chi connectivity index (χ2v) is 6.95. The van der Waals surface area contributed by atoms with E-state index in [1.54, 1.807) is 21.3 Å². The van der Waals surface area contributed by atoms with E-state index >= 15 is 0 Å². The molecule has 3 rings (SSSR count). The lowest BCUT2D eigenvalue weighted by atomic mass is 10.1. The van der Waals surface area contributed by atoms with Crippen LogP contribution in [-0.4, -0.2) is 30.1 Å². The van der Waals surface area contributed by atoms with Gasteiger partial charge in [-0.2, -0.15) is 0 Å². The second kappa shape index (κ2) is 6.71. The van der Waals surface area contributed by atoms with Gasteiger partial charge in [0, 0.05) is 27.4 Å². The zero-order valence-corrected chi connectivity index (χ0v) is 11.9. The molecule has 0 saturated carbocycles. The van der Waals surface area contributed by atoms with E-state index in [-0.39, 0.29) is 0 Å². The average Bonchev–Trinajstić information content (AvgIpc) is 2.45. The molecule has 0 atom stereocenters. The Labute approximate surface area is 104 Å². The van der Waals surface area contributed by atoms with Crippen molar-refractivity contribution in [2.75, 3.05) is 21.3 Å². The third-order valence-electron chi connectivity index (χ3n) is 2.77. The lowest BCUT2D eigenvalue weighted by molar-refractivity contribution is 0.125. The molecule has 3 nitrogen and oxygen atoms in total. The topological polar surface area (TPSA) is 27.7 Å². The van der Waals surface area contributed by atoms with Crippen molar-refractivity contribution < 1.29 is 13.3 Å². The van der Waals surface area contributed by atoms with E-state index in [1.807, 2.05) is 6.92 Å². The smallest absolute Gasteiger partial charge is 0.377 e. The predicted octanol–water partition coefficient (Wildman–Crippen LogP) is 3.16. The Morgan fingerprint density at radius 1 is 0.765 bits per heavy atom. The first kappa shape index (κ1) is 14.1. The maximum Gasteiger partial charge on any atom is 0.499 e. The van der Waals surface area contributed by atoms with Crippen LogP contribution in [0.5, 0.6) is 0 Å². The van der Waals surface area contributed by atoms with Gasteiger partial charge >= 0.3 is 8.80 Å². The number of hydrogen-bond acceptors (Lipinski definition) is 3. The summed E-state index contributed by atoms with van der Waals surface area (Å²) >= 11 is 0. The summed E-state index contributed by atoms with van der Waals surface area (Å²) in [5, 5.41) is 2.61. The summed E-state index contributed by atoms with van der Waals surface area (Å²) < 4.78 is 15.2. The van der Waals surface area contributed by atoms with Gasteiger partial charge in [0.1, 0.15) is 0 Å². The maximum atomic E-state index is 5.08. The van der Waals surface area contributed by atoms with Crippen LogP contribution in [0.4, 0.5) is 0 Å². The first-order valence-corrected chi connectivity index (χ1v) is 7.56. The van der Waals surface area contributed by atoms with Crippen molar-refractivity contribution in [3.8, 4) is 0 Å². The highest BCUT2D eigenvalue weighted by Gasteiger charge is 2.34. The van der Waals surface area contributed by atoms with Gasteiger partial charge in [0.15, 0.2) is 0 Å². The first-order valence-electron chi connectivity index (χ1n) is 5.63. The molecule has 0 aliphatic heterocycles. The van der Waals surface area contributed by atoms with Gasteiger partial charge in [-0.1, -0.05) is 43.3 Å². The Hall–Kier alpha value is -0.943. The fraction of sp³-hybridized carbons (Fsp3) is 0.385. The van der Waals surface area contributed by atoms with Gasteiger partial charge in [0.05, 0.1) is 0 Å². The maximum absolute atomic E-state index is 5.08. The van der Waals surface area contributed by atoms with Gasteiger partial charge < -0.3 is 13.3 Å². The van der Waals surface area contributed by atoms with Crippen LogP contribution in [0.15, 0.2) is 36.4 Å². The van der Waals surface area contributed by atoms with Crippen molar-refractivity contribution in [1.29, 1.82) is 0 Å². The van der Waals surface area contributed by atoms with Crippen LogP contribution in [0.1, 0.15) is 6.92 Å². The van der Waals surface area contributed by atoms with Crippen LogP contribution >= 0.6 is 0 Å². The van der Waals surface area contributed by atoms with Crippen LogP contribution in [0.2, 0.25) is 6.04 Å². The molecule has 0 fully saturated rings. The van der Waals surface area contributed by atoms with Gasteiger partial charge in [0.2, 0.25) is 0 Å². The molecule has 0 spiro atoms. The molecule has 0 unspecified atom stereocenters. The minimum atomic E-state index is -2.19. The fourth-order valence-corrected chi connectivity index (χ4v) is 2.96. The predicted molar refractivity (Wildman–Crippen MR) is 72.4 cm³/mol. The molecule has 0 aliphatic rings. The van der Waals surface area contributed by atoms with Crippen LogP contribution < -0.4 is 0 Å². The van der Waals surface area contributed by atoms with E-state index in [2.05, 4.69) is 36.4 Å².